The highest BCUT2D eigenvalue weighted by Crippen LogP contribution is 2.18. The van der Waals surface area contributed by atoms with Crippen molar-refractivity contribution in [3.8, 4) is 5.75 Å². The first-order valence-electron chi connectivity index (χ1n) is 8.73. The molecule has 6 heteroatoms. The lowest BCUT2D eigenvalue weighted by Gasteiger charge is -2.11. The molecule has 0 atom stereocenters. The molecule has 0 radical (unpaired) electrons. The number of benzene rings is 2. The molecule has 3 rings (SSSR count). The van der Waals surface area contributed by atoms with Crippen LogP contribution in [0.3, 0.4) is 0 Å². The van der Waals surface area contributed by atoms with Gasteiger partial charge in [0.2, 0.25) is 0 Å². The fourth-order valence-electron chi connectivity index (χ4n) is 2.73. The monoisotopic (exact) mass is 362 g/mol. The number of nitrogens with one attached hydrogen (secondary N) is 2. The van der Waals surface area contributed by atoms with Crippen LogP contribution in [0.2, 0.25) is 0 Å². The van der Waals surface area contributed by atoms with Gasteiger partial charge in [0.1, 0.15) is 23.1 Å². The van der Waals surface area contributed by atoms with E-state index in [0.29, 0.717) is 23.9 Å². The molecule has 0 saturated heterocycles. The molecule has 0 unspecified atom stereocenters. The largest absolute Gasteiger partial charge is 0.496 e. The Hall–Kier alpha value is -3.41. The van der Waals surface area contributed by atoms with Crippen molar-refractivity contribution in [1.82, 2.24) is 9.97 Å². The number of aryl methyl sites for hydroxylation is 1. The first kappa shape index (κ1) is 18.4. The van der Waals surface area contributed by atoms with E-state index in [1.54, 1.807) is 20.1 Å². The maximum Gasteiger partial charge on any atom is 0.274 e. The maximum absolute atomic E-state index is 12.5. The van der Waals surface area contributed by atoms with E-state index in [1.807, 2.05) is 54.6 Å². The minimum atomic E-state index is -0.264. The van der Waals surface area contributed by atoms with Crippen molar-refractivity contribution in [1.29, 1.82) is 0 Å². The van der Waals surface area contributed by atoms with Crippen molar-refractivity contribution >= 4 is 17.4 Å². The molecule has 0 saturated carbocycles. The van der Waals surface area contributed by atoms with E-state index in [1.165, 1.54) is 0 Å². The molecule has 0 aliphatic rings. The van der Waals surface area contributed by atoms with E-state index in [9.17, 15) is 4.79 Å². The molecule has 1 amide bonds. The van der Waals surface area contributed by atoms with Crippen LogP contribution in [-0.2, 0) is 6.42 Å². The predicted molar refractivity (Wildman–Crippen MR) is 106 cm³/mol. The maximum atomic E-state index is 12.5. The highest BCUT2D eigenvalue weighted by molar-refractivity contribution is 6.03. The third-order valence-electron chi connectivity index (χ3n) is 4.00. The van der Waals surface area contributed by atoms with Gasteiger partial charge in [0.25, 0.3) is 5.91 Å². The normalized spacial score (nSPS) is 10.3. The van der Waals surface area contributed by atoms with Gasteiger partial charge in [-0.05, 0) is 37.1 Å². The zero-order chi connectivity index (χ0) is 19.1. The molecule has 3 aromatic rings. The van der Waals surface area contributed by atoms with Crippen molar-refractivity contribution in [3.05, 3.63) is 77.7 Å². The molecule has 0 aliphatic carbocycles. The summed E-state index contributed by atoms with van der Waals surface area (Å²) in [5.74, 6) is 1.76. The summed E-state index contributed by atoms with van der Waals surface area (Å²) in [5.41, 5.74) is 2.16. The van der Waals surface area contributed by atoms with Crippen LogP contribution in [0.15, 0.2) is 60.7 Å². The van der Waals surface area contributed by atoms with Gasteiger partial charge in [0.05, 0.1) is 7.11 Å². The summed E-state index contributed by atoms with van der Waals surface area (Å²) in [6.07, 6.45) is 0.776. The minimum absolute atomic E-state index is 0.264. The van der Waals surface area contributed by atoms with E-state index >= 15 is 0 Å². The number of aromatic nitrogens is 2. The van der Waals surface area contributed by atoms with Crippen LogP contribution in [-0.4, -0.2) is 29.5 Å². The lowest BCUT2D eigenvalue weighted by molar-refractivity contribution is 0.102. The average Bonchev–Trinajstić information content (AvgIpc) is 2.68. The minimum Gasteiger partial charge on any atom is -0.496 e. The van der Waals surface area contributed by atoms with Crippen LogP contribution in [0.1, 0.15) is 21.9 Å². The molecule has 0 fully saturated rings. The second-order valence-corrected chi connectivity index (χ2v) is 5.99. The van der Waals surface area contributed by atoms with E-state index in [2.05, 4.69) is 20.6 Å². The third-order valence-corrected chi connectivity index (χ3v) is 4.00. The summed E-state index contributed by atoms with van der Waals surface area (Å²) in [6.45, 7) is 2.43. The molecule has 1 aromatic heterocycles. The van der Waals surface area contributed by atoms with E-state index in [-0.39, 0.29) is 5.91 Å². The first-order chi connectivity index (χ1) is 13.2. The number of carbonyl (C=O) groups excluding carboxylic acids is 1. The number of carbonyl (C=O) groups is 1. The van der Waals surface area contributed by atoms with Gasteiger partial charge >= 0.3 is 0 Å². The average molecular weight is 362 g/mol. The Labute approximate surface area is 158 Å². The van der Waals surface area contributed by atoms with E-state index < -0.39 is 0 Å². The zero-order valence-electron chi connectivity index (χ0n) is 15.4. The summed E-state index contributed by atoms with van der Waals surface area (Å²) < 4.78 is 5.37. The van der Waals surface area contributed by atoms with Crippen LogP contribution < -0.4 is 15.4 Å². The Morgan fingerprint density at radius 2 is 1.78 bits per heavy atom. The van der Waals surface area contributed by atoms with Gasteiger partial charge in [0, 0.05) is 18.3 Å². The number of amides is 1. The SMILES string of the molecule is COc1ccccc1CCNc1cc(C(=O)Nc2ccccc2)nc(C)n1. The number of ether oxygens (including phenoxy) is 1. The van der Waals surface area contributed by atoms with Gasteiger partial charge in [-0.25, -0.2) is 9.97 Å². The molecule has 138 valence electrons. The Bertz CT molecular complexity index is 913. The Morgan fingerprint density at radius 3 is 2.56 bits per heavy atom. The molecule has 0 spiro atoms. The number of para-hydroxylation sites is 2. The lowest BCUT2D eigenvalue weighted by Crippen LogP contribution is -2.16. The van der Waals surface area contributed by atoms with Crippen molar-refractivity contribution < 1.29 is 9.53 Å². The van der Waals surface area contributed by atoms with E-state index in [0.717, 1.165) is 23.4 Å². The van der Waals surface area contributed by atoms with Crippen LogP contribution in [0, 0.1) is 6.92 Å². The predicted octanol–water partition coefficient (Wildman–Crippen LogP) is 3.70. The van der Waals surface area contributed by atoms with Gasteiger partial charge in [-0.1, -0.05) is 36.4 Å². The van der Waals surface area contributed by atoms with Gasteiger partial charge in [-0.15, -0.1) is 0 Å². The second kappa shape index (κ2) is 8.80. The topological polar surface area (TPSA) is 76.1 Å². The van der Waals surface area contributed by atoms with Crippen molar-refractivity contribution in [2.45, 2.75) is 13.3 Å². The molecule has 27 heavy (non-hydrogen) atoms. The number of methoxy groups -OCH3 is 1. The molecule has 6 nitrogen and oxygen atoms in total. The molecule has 2 N–H and O–H groups in total. The van der Waals surface area contributed by atoms with Gasteiger partial charge in [-0.2, -0.15) is 0 Å². The molecular formula is C21H22N4O2. The lowest BCUT2D eigenvalue weighted by atomic mass is 10.1. The van der Waals surface area contributed by atoms with Gasteiger partial charge < -0.3 is 15.4 Å². The fourth-order valence-corrected chi connectivity index (χ4v) is 2.73. The Balaban J connectivity index is 1.65. The van der Waals surface area contributed by atoms with Crippen LogP contribution in [0.4, 0.5) is 11.5 Å². The third kappa shape index (κ3) is 5.04. The van der Waals surface area contributed by atoms with Crippen molar-refractivity contribution in [2.75, 3.05) is 24.3 Å². The quantitative estimate of drug-likeness (QED) is 0.670. The second-order valence-electron chi connectivity index (χ2n) is 5.99. The van der Waals surface area contributed by atoms with Gasteiger partial charge in [0.15, 0.2) is 0 Å². The Kier molecular flexibility index (Phi) is 5.99. The molecule has 2 aromatic carbocycles. The van der Waals surface area contributed by atoms with Crippen molar-refractivity contribution in [2.24, 2.45) is 0 Å². The van der Waals surface area contributed by atoms with Crippen LogP contribution in [0.5, 0.6) is 5.75 Å². The van der Waals surface area contributed by atoms with Crippen molar-refractivity contribution in [3.63, 3.8) is 0 Å². The van der Waals surface area contributed by atoms with Gasteiger partial charge in [-0.3, -0.25) is 4.79 Å². The summed E-state index contributed by atoms with van der Waals surface area (Å²) in [6, 6.07) is 18.9. The summed E-state index contributed by atoms with van der Waals surface area (Å²) in [5, 5.41) is 6.09. The number of nitrogens with zero attached hydrogens (tertiary/aromatic N) is 2. The van der Waals surface area contributed by atoms with Crippen LogP contribution in [0.25, 0.3) is 0 Å². The fraction of sp³-hybridized carbons (Fsp3) is 0.190. The number of hydrogen-bond donors (Lipinski definition) is 2. The highest BCUT2D eigenvalue weighted by Gasteiger charge is 2.11. The molecule has 0 aliphatic heterocycles. The summed E-state index contributed by atoms with van der Waals surface area (Å²) >= 11 is 0. The molecule has 0 bridgehead atoms. The zero-order valence-corrected chi connectivity index (χ0v) is 15.4. The molecule has 1 heterocycles. The number of hydrogen-bond acceptors (Lipinski definition) is 5. The molecular weight excluding hydrogens is 340 g/mol. The standard InChI is InChI=1S/C21H22N4O2/c1-15-23-18(21(26)25-17-9-4-3-5-10-17)14-20(24-15)22-13-12-16-8-6-7-11-19(16)27-2/h3-11,14H,12-13H2,1-2H3,(H,25,26)(H,22,23,24). The van der Waals surface area contributed by atoms with Crippen LogP contribution >= 0.6 is 0 Å². The first-order valence-corrected chi connectivity index (χ1v) is 8.73. The highest BCUT2D eigenvalue weighted by atomic mass is 16.5. The smallest absolute Gasteiger partial charge is 0.274 e. The number of anilines is 2. The number of rotatable bonds is 7. The van der Waals surface area contributed by atoms with E-state index in [4.69, 9.17) is 4.74 Å². The summed E-state index contributed by atoms with van der Waals surface area (Å²) in [4.78, 5) is 21.1. The Morgan fingerprint density at radius 1 is 1.04 bits per heavy atom. The summed E-state index contributed by atoms with van der Waals surface area (Å²) in [7, 11) is 1.66.